The first-order valence-corrected chi connectivity index (χ1v) is 8.15. The van der Waals surface area contributed by atoms with Gasteiger partial charge in [0.1, 0.15) is 0 Å². The maximum Gasteiger partial charge on any atom is 0.253 e. The molecule has 1 fully saturated rings. The van der Waals surface area contributed by atoms with Crippen LogP contribution in [0.1, 0.15) is 10.4 Å². The highest BCUT2D eigenvalue weighted by Crippen LogP contribution is 2.27. The monoisotopic (exact) mass is 349 g/mol. The van der Waals surface area contributed by atoms with Crippen molar-refractivity contribution < 1.29 is 4.79 Å². The number of piperazine rings is 1. The Morgan fingerprint density at radius 2 is 1.52 bits per heavy atom. The zero-order valence-corrected chi connectivity index (χ0v) is 14.0. The average molecular weight is 350 g/mol. The Hall–Kier alpha value is -1.91. The van der Waals surface area contributed by atoms with Crippen molar-refractivity contribution in [3.63, 3.8) is 0 Å². The Labute approximate surface area is 145 Å². The normalized spacial score (nSPS) is 14.9. The molecule has 0 aliphatic carbocycles. The molecule has 120 valence electrons. The van der Waals surface area contributed by atoms with Gasteiger partial charge in [0.15, 0.2) is 0 Å². The lowest BCUT2D eigenvalue weighted by molar-refractivity contribution is 0.0747. The molecule has 1 aliphatic heterocycles. The molecule has 2 aromatic rings. The summed E-state index contributed by atoms with van der Waals surface area (Å²) in [4.78, 5) is 16.5. The molecule has 2 aromatic carbocycles. The minimum Gasteiger partial charge on any atom is -0.397 e. The number of nitrogens with two attached hydrogens (primary N) is 1. The van der Waals surface area contributed by atoms with Crippen LogP contribution in [0.2, 0.25) is 10.0 Å². The topological polar surface area (TPSA) is 49.6 Å². The molecule has 23 heavy (non-hydrogen) atoms. The summed E-state index contributed by atoms with van der Waals surface area (Å²) in [5, 5.41) is 1.26. The number of amides is 1. The molecular formula is C17H17Cl2N3O. The highest BCUT2D eigenvalue weighted by atomic mass is 35.5. The lowest BCUT2D eigenvalue weighted by Gasteiger charge is -2.36. The Bertz CT molecular complexity index is 710. The van der Waals surface area contributed by atoms with Crippen LogP contribution < -0.4 is 10.6 Å². The molecule has 0 saturated carbocycles. The first kappa shape index (κ1) is 16.0. The van der Waals surface area contributed by atoms with Gasteiger partial charge in [0, 0.05) is 41.8 Å². The van der Waals surface area contributed by atoms with Crippen LogP contribution in [-0.2, 0) is 0 Å². The van der Waals surface area contributed by atoms with Gasteiger partial charge in [-0.05, 0) is 42.5 Å². The van der Waals surface area contributed by atoms with Crippen molar-refractivity contribution in [2.45, 2.75) is 0 Å². The third-order valence-electron chi connectivity index (χ3n) is 3.99. The summed E-state index contributed by atoms with van der Waals surface area (Å²) in [6.45, 7) is 2.80. The predicted molar refractivity (Wildman–Crippen MR) is 95.4 cm³/mol. The first-order valence-electron chi connectivity index (χ1n) is 7.39. The Morgan fingerprint density at radius 3 is 2.13 bits per heavy atom. The summed E-state index contributed by atoms with van der Waals surface area (Å²) in [5.41, 5.74) is 8.32. The maximum absolute atomic E-state index is 12.5. The number of hydrogen-bond donors (Lipinski definition) is 1. The van der Waals surface area contributed by atoms with E-state index in [2.05, 4.69) is 4.90 Å². The van der Waals surface area contributed by atoms with Gasteiger partial charge in [-0.3, -0.25) is 4.79 Å². The van der Waals surface area contributed by atoms with Crippen LogP contribution in [0.3, 0.4) is 0 Å². The third-order valence-corrected chi connectivity index (χ3v) is 4.48. The highest BCUT2D eigenvalue weighted by molar-refractivity contribution is 6.31. The van der Waals surface area contributed by atoms with E-state index < -0.39 is 0 Å². The SMILES string of the molecule is Nc1cc(Cl)ccc1N1CCN(C(=O)c2ccc(Cl)cc2)CC1. The number of anilines is 2. The fraction of sp³-hybridized carbons (Fsp3) is 0.235. The van der Waals surface area contributed by atoms with Crippen molar-refractivity contribution in [2.24, 2.45) is 0 Å². The van der Waals surface area contributed by atoms with E-state index in [1.165, 1.54) is 0 Å². The van der Waals surface area contributed by atoms with Crippen molar-refractivity contribution in [1.29, 1.82) is 0 Å². The number of halogens is 2. The molecule has 6 heteroatoms. The van der Waals surface area contributed by atoms with Gasteiger partial charge < -0.3 is 15.5 Å². The number of nitrogens with zero attached hydrogens (tertiary/aromatic N) is 2. The van der Waals surface area contributed by atoms with E-state index in [0.717, 1.165) is 18.8 Å². The molecule has 0 unspecified atom stereocenters. The van der Waals surface area contributed by atoms with Crippen LogP contribution in [0.4, 0.5) is 11.4 Å². The predicted octanol–water partition coefficient (Wildman–Crippen LogP) is 3.54. The molecule has 1 saturated heterocycles. The molecule has 4 nitrogen and oxygen atoms in total. The van der Waals surface area contributed by atoms with Crippen LogP contribution in [0.15, 0.2) is 42.5 Å². The van der Waals surface area contributed by atoms with Gasteiger partial charge in [0.25, 0.3) is 5.91 Å². The van der Waals surface area contributed by atoms with E-state index in [4.69, 9.17) is 28.9 Å². The Kier molecular flexibility index (Phi) is 4.64. The van der Waals surface area contributed by atoms with Gasteiger partial charge in [-0.15, -0.1) is 0 Å². The summed E-state index contributed by atoms with van der Waals surface area (Å²) >= 11 is 11.8. The number of carbonyl (C=O) groups excluding carboxylic acids is 1. The number of hydrogen-bond acceptors (Lipinski definition) is 3. The van der Waals surface area contributed by atoms with Crippen LogP contribution in [0.5, 0.6) is 0 Å². The number of benzene rings is 2. The van der Waals surface area contributed by atoms with Crippen molar-refractivity contribution in [3.05, 3.63) is 58.1 Å². The van der Waals surface area contributed by atoms with Crippen LogP contribution in [0, 0.1) is 0 Å². The maximum atomic E-state index is 12.5. The van der Waals surface area contributed by atoms with Gasteiger partial charge in [0.05, 0.1) is 11.4 Å². The van der Waals surface area contributed by atoms with Crippen LogP contribution in [-0.4, -0.2) is 37.0 Å². The quantitative estimate of drug-likeness (QED) is 0.843. The summed E-state index contributed by atoms with van der Waals surface area (Å²) in [5.74, 6) is 0.0328. The summed E-state index contributed by atoms with van der Waals surface area (Å²) in [6.07, 6.45) is 0. The van der Waals surface area contributed by atoms with E-state index in [9.17, 15) is 4.79 Å². The van der Waals surface area contributed by atoms with E-state index >= 15 is 0 Å². The second kappa shape index (κ2) is 6.69. The second-order valence-corrected chi connectivity index (χ2v) is 6.36. The number of rotatable bonds is 2. The second-order valence-electron chi connectivity index (χ2n) is 5.49. The van der Waals surface area contributed by atoms with E-state index in [1.807, 2.05) is 17.0 Å². The minimum absolute atomic E-state index is 0.0328. The lowest BCUT2D eigenvalue weighted by atomic mass is 10.1. The van der Waals surface area contributed by atoms with Crippen molar-refractivity contribution in [3.8, 4) is 0 Å². The summed E-state index contributed by atoms with van der Waals surface area (Å²) in [7, 11) is 0. The molecule has 1 heterocycles. The molecule has 0 atom stereocenters. The van der Waals surface area contributed by atoms with Gasteiger partial charge in [0.2, 0.25) is 0 Å². The smallest absolute Gasteiger partial charge is 0.253 e. The zero-order chi connectivity index (χ0) is 16.4. The van der Waals surface area contributed by atoms with E-state index in [1.54, 1.807) is 30.3 Å². The van der Waals surface area contributed by atoms with E-state index in [-0.39, 0.29) is 5.91 Å². The van der Waals surface area contributed by atoms with Gasteiger partial charge in [-0.25, -0.2) is 0 Å². The average Bonchev–Trinajstić information content (AvgIpc) is 2.55. The molecular weight excluding hydrogens is 333 g/mol. The summed E-state index contributed by atoms with van der Waals surface area (Å²) in [6, 6.07) is 12.5. The molecule has 3 rings (SSSR count). The largest absolute Gasteiger partial charge is 0.397 e. The lowest BCUT2D eigenvalue weighted by Crippen LogP contribution is -2.49. The number of carbonyl (C=O) groups is 1. The third kappa shape index (κ3) is 3.54. The first-order chi connectivity index (χ1) is 11.0. The molecule has 0 spiro atoms. The van der Waals surface area contributed by atoms with Crippen molar-refractivity contribution >= 4 is 40.5 Å². The molecule has 0 radical (unpaired) electrons. The van der Waals surface area contributed by atoms with Gasteiger partial charge in [-0.2, -0.15) is 0 Å². The van der Waals surface area contributed by atoms with Gasteiger partial charge in [-0.1, -0.05) is 23.2 Å². The molecule has 1 aliphatic rings. The standard InChI is InChI=1S/C17H17Cl2N3O/c18-13-3-1-12(2-4-13)17(23)22-9-7-21(8-10-22)16-6-5-14(19)11-15(16)20/h1-6,11H,7-10,20H2. The Balaban J connectivity index is 1.66. The van der Waals surface area contributed by atoms with E-state index in [0.29, 0.717) is 34.4 Å². The van der Waals surface area contributed by atoms with Crippen LogP contribution in [0.25, 0.3) is 0 Å². The molecule has 1 amide bonds. The van der Waals surface area contributed by atoms with Gasteiger partial charge >= 0.3 is 0 Å². The molecule has 2 N–H and O–H groups in total. The van der Waals surface area contributed by atoms with Crippen molar-refractivity contribution in [1.82, 2.24) is 4.90 Å². The number of nitrogen functional groups attached to an aromatic ring is 1. The molecule has 0 bridgehead atoms. The fourth-order valence-electron chi connectivity index (χ4n) is 2.74. The van der Waals surface area contributed by atoms with Crippen molar-refractivity contribution in [2.75, 3.05) is 36.8 Å². The summed E-state index contributed by atoms with van der Waals surface area (Å²) < 4.78 is 0. The fourth-order valence-corrected chi connectivity index (χ4v) is 3.05. The van der Waals surface area contributed by atoms with Crippen LogP contribution >= 0.6 is 23.2 Å². The Morgan fingerprint density at radius 1 is 0.913 bits per heavy atom. The highest BCUT2D eigenvalue weighted by Gasteiger charge is 2.23. The zero-order valence-electron chi connectivity index (χ0n) is 12.5. The minimum atomic E-state index is 0.0328. The molecule has 0 aromatic heterocycles.